The van der Waals surface area contributed by atoms with Crippen LogP contribution in [0.2, 0.25) is 0 Å². The second-order valence-electron chi connectivity index (χ2n) is 7.70. The van der Waals surface area contributed by atoms with Crippen molar-refractivity contribution in [2.24, 2.45) is 7.05 Å². The van der Waals surface area contributed by atoms with Crippen LogP contribution in [-0.2, 0) is 13.6 Å². The van der Waals surface area contributed by atoms with E-state index in [1.165, 1.54) is 6.07 Å². The smallest absolute Gasteiger partial charge is 0.255 e. The highest BCUT2D eigenvalue weighted by atomic mass is 19.1. The van der Waals surface area contributed by atoms with Crippen molar-refractivity contribution in [3.05, 3.63) is 71.4 Å². The van der Waals surface area contributed by atoms with Crippen LogP contribution < -0.4 is 0 Å². The Hall–Kier alpha value is -3.48. The highest BCUT2D eigenvalue weighted by Gasteiger charge is 2.35. The van der Waals surface area contributed by atoms with Gasteiger partial charge in [0.2, 0.25) is 0 Å². The molecule has 0 radical (unpaired) electrons. The van der Waals surface area contributed by atoms with Gasteiger partial charge >= 0.3 is 0 Å². The molecule has 1 aliphatic rings. The van der Waals surface area contributed by atoms with E-state index in [9.17, 15) is 9.18 Å². The van der Waals surface area contributed by atoms with Gasteiger partial charge in [0.15, 0.2) is 11.4 Å². The van der Waals surface area contributed by atoms with E-state index in [-0.39, 0.29) is 24.3 Å². The average molecular weight is 404 g/mol. The lowest BCUT2D eigenvalue weighted by atomic mass is 10.1. The Morgan fingerprint density at radius 3 is 2.77 bits per heavy atom. The quantitative estimate of drug-likeness (QED) is 0.492. The summed E-state index contributed by atoms with van der Waals surface area (Å²) in [5, 5.41) is 5.19. The third kappa shape index (κ3) is 3.16. The maximum absolute atomic E-state index is 14.3. The van der Waals surface area contributed by atoms with E-state index in [4.69, 9.17) is 4.42 Å². The van der Waals surface area contributed by atoms with Gasteiger partial charge in [0.05, 0.1) is 22.9 Å². The molecule has 4 aromatic rings. The van der Waals surface area contributed by atoms with Crippen molar-refractivity contribution >= 4 is 16.9 Å². The van der Waals surface area contributed by atoms with Crippen LogP contribution in [0.25, 0.3) is 22.5 Å². The van der Waals surface area contributed by atoms with Crippen molar-refractivity contribution in [3.63, 3.8) is 0 Å². The number of amides is 1. The molecule has 0 unspecified atom stereocenters. The van der Waals surface area contributed by atoms with Gasteiger partial charge in [-0.3, -0.25) is 9.48 Å². The number of hydrogen-bond donors (Lipinski definition) is 0. The fraction of sp³-hybridized carbons (Fsp3) is 0.261. The molecule has 152 valence electrons. The molecular weight excluding hydrogens is 383 g/mol. The molecule has 1 saturated carbocycles. The molecule has 1 fully saturated rings. The molecule has 0 aliphatic heterocycles. The molecular formula is C23H21FN4O2. The first kappa shape index (κ1) is 18.5. The van der Waals surface area contributed by atoms with Gasteiger partial charge in [-0.25, -0.2) is 9.37 Å². The molecule has 7 heteroatoms. The third-order valence-corrected chi connectivity index (χ3v) is 5.52. The second kappa shape index (κ2) is 7.09. The monoisotopic (exact) mass is 404 g/mol. The van der Waals surface area contributed by atoms with E-state index in [0.29, 0.717) is 28.2 Å². The predicted octanol–water partition coefficient (Wildman–Crippen LogP) is 4.48. The van der Waals surface area contributed by atoms with Crippen molar-refractivity contribution in [1.29, 1.82) is 0 Å². The van der Waals surface area contributed by atoms with E-state index >= 15 is 0 Å². The van der Waals surface area contributed by atoms with Crippen LogP contribution in [0, 0.1) is 12.7 Å². The molecule has 6 nitrogen and oxygen atoms in total. The summed E-state index contributed by atoms with van der Waals surface area (Å²) in [6.07, 6.45) is 3.42. The molecule has 5 rings (SSSR count). The summed E-state index contributed by atoms with van der Waals surface area (Å²) in [4.78, 5) is 20.2. The maximum atomic E-state index is 14.3. The molecule has 3 aromatic heterocycles. The third-order valence-electron chi connectivity index (χ3n) is 5.52. The highest BCUT2D eigenvalue weighted by Crippen LogP contribution is 2.33. The van der Waals surface area contributed by atoms with Gasteiger partial charge in [-0.15, -0.1) is 0 Å². The SMILES string of the molecule is Cc1nn(C)c2nc(-c3ccco3)cc(C(=O)N(Cc3ccccc3F)C3CC3)c12. The van der Waals surface area contributed by atoms with E-state index in [1.807, 2.05) is 13.0 Å². The topological polar surface area (TPSA) is 64.2 Å². The van der Waals surface area contributed by atoms with Crippen LogP contribution in [0.4, 0.5) is 4.39 Å². The molecule has 1 aromatic carbocycles. The summed E-state index contributed by atoms with van der Waals surface area (Å²) in [7, 11) is 1.81. The van der Waals surface area contributed by atoms with Crippen LogP contribution in [0.15, 0.2) is 53.1 Å². The zero-order chi connectivity index (χ0) is 20.8. The van der Waals surface area contributed by atoms with Crippen LogP contribution in [0.3, 0.4) is 0 Å². The summed E-state index contributed by atoms with van der Waals surface area (Å²) < 4.78 is 21.5. The first-order valence-electron chi connectivity index (χ1n) is 9.95. The largest absolute Gasteiger partial charge is 0.463 e. The molecule has 0 spiro atoms. The van der Waals surface area contributed by atoms with Crippen LogP contribution in [0.1, 0.15) is 34.5 Å². The molecule has 0 atom stereocenters. The molecule has 0 bridgehead atoms. The minimum Gasteiger partial charge on any atom is -0.463 e. The van der Waals surface area contributed by atoms with E-state index in [2.05, 4.69) is 10.1 Å². The lowest BCUT2D eigenvalue weighted by molar-refractivity contribution is 0.0730. The molecule has 0 saturated heterocycles. The standard InChI is InChI=1S/C23H21FN4O2/c1-14-21-17(12-19(20-8-5-11-30-20)25-22(21)27(2)26-14)23(29)28(16-9-10-16)13-15-6-3-4-7-18(15)24/h3-8,11-12,16H,9-10,13H2,1-2H3. The Bertz CT molecular complexity index is 1240. The van der Waals surface area contributed by atoms with Gasteiger partial charge in [0.1, 0.15) is 11.5 Å². The number of pyridine rings is 1. The summed E-state index contributed by atoms with van der Waals surface area (Å²) in [5.74, 6) is 0.138. The number of rotatable bonds is 5. The van der Waals surface area contributed by atoms with Crippen LogP contribution in [-0.4, -0.2) is 31.6 Å². The number of furan rings is 1. The Morgan fingerprint density at radius 2 is 2.07 bits per heavy atom. The number of carbonyl (C=O) groups excluding carboxylic acids is 1. The van der Waals surface area contributed by atoms with Gasteiger partial charge in [-0.05, 0) is 44.0 Å². The minimum absolute atomic E-state index is 0.115. The Kier molecular flexibility index (Phi) is 4.38. The zero-order valence-corrected chi connectivity index (χ0v) is 16.8. The zero-order valence-electron chi connectivity index (χ0n) is 16.8. The fourth-order valence-electron chi connectivity index (χ4n) is 3.88. The van der Waals surface area contributed by atoms with Crippen LogP contribution in [0.5, 0.6) is 0 Å². The lowest BCUT2D eigenvalue weighted by Gasteiger charge is -2.23. The number of nitrogens with zero attached hydrogens (tertiary/aromatic N) is 4. The van der Waals surface area contributed by atoms with Crippen molar-refractivity contribution < 1.29 is 13.6 Å². The Balaban J connectivity index is 1.63. The highest BCUT2D eigenvalue weighted by molar-refractivity contribution is 6.07. The predicted molar refractivity (Wildman–Crippen MR) is 110 cm³/mol. The average Bonchev–Trinajstić information content (AvgIpc) is 3.34. The van der Waals surface area contributed by atoms with Gasteiger partial charge in [0, 0.05) is 25.2 Å². The summed E-state index contributed by atoms with van der Waals surface area (Å²) in [5.41, 5.74) is 2.94. The van der Waals surface area contributed by atoms with Crippen molar-refractivity contribution in [2.75, 3.05) is 0 Å². The Morgan fingerprint density at radius 1 is 1.27 bits per heavy atom. The number of fused-ring (bicyclic) bond motifs is 1. The molecule has 3 heterocycles. The summed E-state index contributed by atoms with van der Waals surface area (Å²) >= 11 is 0. The minimum atomic E-state index is -0.301. The number of carbonyl (C=O) groups is 1. The van der Waals surface area contributed by atoms with E-state index in [0.717, 1.165) is 23.9 Å². The van der Waals surface area contributed by atoms with Gasteiger partial charge in [-0.2, -0.15) is 5.10 Å². The maximum Gasteiger partial charge on any atom is 0.255 e. The van der Waals surface area contributed by atoms with Gasteiger partial charge in [0.25, 0.3) is 5.91 Å². The van der Waals surface area contributed by atoms with Crippen LogP contribution >= 0.6 is 0 Å². The number of aryl methyl sites for hydroxylation is 2. The number of halogens is 1. The molecule has 30 heavy (non-hydrogen) atoms. The van der Waals surface area contributed by atoms with E-state index in [1.54, 1.807) is 53.2 Å². The number of aromatic nitrogens is 3. The van der Waals surface area contributed by atoms with Gasteiger partial charge in [-0.1, -0.05) is 18.2 Å². The summed E-state index contributed by atoms with van der Waals surface area (Å²) in [6, 6.07) is 12.1. The number of benzene rings is 1. The second-order valence-corrected chi connectivity index (χ2v) is 7.70. The van der Waals surface area contributed by atoms with Crippen molar-refractivity contribution in [3.8, 4) is 11.5 Å². The van der Waals surface area contributed by atoms with Crippen molar-refractivity contribution in [2.45, 2.75) is 32.4 Å². The first-order valence-corrected chi connectivity index (χ1v) is 9.95. The molecule has 0 N–H and O–H groups in total. The van der Waals surface area contributed by atoms with Gasteiger partial charge < -0.3 is 9.32 Å². The van der Waals surface area contributed by atoms with E-state index < -0.39 is 0 Å². The molecule has 1 amide bonds. The Labute approximate surface area is 172 Å². The summed E-state index contributed by atoms with van der Waals surface area (Å²) in [6.45, 7) is 2.10. The normalized spacial score (nSPS) is 13.7. The first-order chi connectivity index (χ1) is 14.5. The fourth-order valence-corrected chi connectivity index (χ4v) is 3.88. The number of hydrogen-bond acceptors (Lipinski definition) is 4. The molecule has 1 aliphatic carbocycles. The lowest BCUT2D eigenvalue weighted by Crippen LogP contribution is -2.33. The van der Waals surface area contributed by atoms with Crippen molar-refractivity contribution in [1.82, 2.24) is 19.7 Å².